The van der Waals surface area contributed by atoms with E-state index in [-0.39, 0.29) is 18.2 Å². The Bertz CT molecular complexity index is 389. The Morgan fingerprint density at radius 2 is 1.70 bits per heavy atom. The minimum absolute atomic E-state index is 0.112. The van der Waals surface area contributed by atoms with Gasteiger partial charge in [0.1, 0.15) is 6.04 Å². The second kappa shape index (κ2) is 5.60. The van der Waals surface area contributed by atoms with E-state index >= 15 is 0 Å². The molecule has 6 heteroatoms. The zero-order chi connectivity index (χ0) is 14.1. The molecule has 0 radical (unpaired) electrons. The summed E-state index contributed by atoms with van der Waals surface area (Å²) in [6, 6.07) is -0.773. The maximum atomic E-state index is 12.7. The highest BCUT2D eigenvalue weighted by Gasteiger charge is 2.39. The SMILES string of the molecule is O=C(O)C1CCCCCN1C(=O)N1CC2CCC(C1)O2. The maximum absolute atomic E-state index is 12.7. The van der Waals surface area contributed by atoms with Crippen LogP contribution in [0.5, 0.6) is 0 Å². The van der Waals surface area contributed by atoms with Crippen molar-refractivity contribution in [3.8, 4) is 0 Å². The highest BCUT2D eigenvalue weighted by molar-refractivity contribution is 5.83. The summed E-state index contributed by atoms with van der Waals surface area (Å²) in [4.78, 5) is 27.4. The molecule has 0 aromatic rings. The van der Waals surface area contributed by atoms with Gasteiger partial charge >= 0.3 is 12.0 Å². The van der Waals surface area contributed by atoms with Gasteiger partial charge in [-0.05, 0) is 25.7 Å². The first-order valence-corrected chi connectivity index (χ1v) is 7.59. The van der Waals surface area contributed by atoms with E-state index in [1.807, 2.05) is 0 Å². The molecular formula is C14H22N2O4. The maximum Gasteiger partial charge on any atom is 0.326 e. The number of fused-ring (bicyclic) bond motifs is 2. The molecule has 2 bridgehead atoms. The number of amides is 2. The number of urea groups is 1. The van der Waals surface area contributed by atoms with Gasteiger partial charge in [0.05, 0.1) is 12.2 Å². The number of hydrogen-bond acceptors (Lipinski definition) is 3. The number of aliphatic carboxylic acids is 1. The predicted molar refractivity (Wildman–Crippen MR) is 71.5 cm³/mol. The van der Waals surface area contributed by atoms with Crippen LogP contribution in [0.3, 0.4) is 0 Å². The van der Waals surface area contributed by atoms with Gasteiger partial charge in [-0.3, -0.25) is 0 Å². The van der Waals surface area contributed by atoms with Crippen LogP contribution in [-0.4, -0.2) is 64.8 Å². The molecule has 3 atom stereocenters. The Balaban J connectivity index is 1.71. The third-order valence-electron chi connectivity index (χ3n) is 4.60. The van der Waals surface area contributed by atoms with E-state index in [1.165, 1.54) is 0 Å². The van der Waals surface area contributed by atoms with Crippen LogP contribution in [0, 0.1) is 0 Å². The molecule has 0 spiro atoms. The van der Waals surface area contributed by atoms with E-state index < -0.39 is 12.0 Å². The molecule has 3 unspecified atom stereocenters. The predicted octanol–water partition coefficient (Wildman–Crippen LogP) is 1.30. The fraction of sp³-hybridized carbons (Fsp3) is 0.857. The van der Waals surface area contributed by atoms with Crippen molar-refractivity contribution in [2.24, 2.45) is 0 Å². The number of carboxylic acid groups (broad SMARTS) is 1. The lowest BCUT2D eigenvalue weighted by molar-refractivity contribution is -0.142. The minimum atomic E-state index is -0.878. The molecule has 3 aliphatic rings. The van der Waals surface area contributed by atoms with Crippen molar-refractivity contribution in [1.82, 2.24) is 9.80 Å². The number of nitrogens with zero attached hydrogens (tertiary/aromatic N) is 2. The van der Waals surface area contributed by atoms with Gasteiger partial charge in [-0.2, -0.15) is 0 Å². The van der Waals surface area contributed by atoms with Gasteiger partial charge < -0.3 is 19.6 Å². The Kier molecular flexibility index (Phi) is 3.83. The normalized spacial score (nSPS) is 33.9. The second-order valence-corrected chi connectivity index (χ2v) is 6.04. The van der Waals surface area contributed by atoms with Crippen LogP contribution in [0.2, 0.25) is 0 Å². The first-order valence-electron chi connectivity index (χ1n) is 7.59. The monoisotopic (exact) mass is 282 g/mol. The zero-order valence-electron chi connectivity index (χ0n) is 11.7. The quantitative estimate of drug-likeness (QED) is 0.787. The van der Waals surface area contributed by atoms with E-state index in [9.17, 15) is 14.7 Å². The number of carboxylic acids is 1. The summed E-state index contributed by atoms with van der Waals surface area (Å²) in [5.74, 6) is -0.878. The summed E-state index contributed by atoms with van der Waals surface area (Å²) >= 11 is 0. The van der Waals surface area contributed by atoms with Crippen LogP contribution in [0.15, 0.2) is 0 Å². The lowest BCUT2D eigenvalue weighted by Gasteiger charge is -2.37. The van der Waals surface area contributed by atoms with Crippen molar-refractivity contribution >= 4 is 12.0 Å². The van der Waals surface area contributed by atoms with Crippen molar-refractivity contribution in [2.75, 3.05) is 19.6 Å². The Labute approximate surface area is 118 Å². The average Bonchev–Trinajstić information content (AvgIpc) is 2.67. The highest BCUT2D eigenvalue weighted by Crippen LogP contribution is 2.28. The molecule has 0 saturated carbocycles. The summed E-state index contributed by atoms with van der Waals surface area (Å²) in [6.45, 7) is 1.78. The van der Waals surface area contributed by atoms with E-state index in [1.54, 1.807) is 9.80 Å². The van der Waals surface area contributed by atoms with Gasteiger partial charge in [0.25, 0.3) is 0 Å². The van der Waals surface area contributed by atoms with E-state index in [0.717, 1.165) is 32.1 Å². The Hall–Kier alpha value is -1.30. The molecule has 3 saturated heterocycles. The molecule has 3 aliphatic heterocycles. The topological polar surface area (TPSA) is 70.1 Å². The fourth-order valence-corrected chi connectivity index (χ4v) is 3.55. The van der Waals surface area contributed by atoms with Crippen molar-refractivity contribution < 1.29 is 19.4 Å². The van der Waals surface area contributed by atoms with Gasteiger partial charge in [-0.1, -0.05) is 12.8 Å². The molecule has 6 nitrogen and oxygen atoms in total. The van der Waals surface area contributed by atoms with E-state index in [4.69, 9.17) is 4.74 Å². The number of hydrogen-bond donors (Lipinski definition) is 1. The fourth-order valence-electron chi connectivity index (χ4n) is 3.55. The molecule has 112 valence electrons. The molecule has 0 aromatic heterocycles. The number of morpholine rings is 1. The first kappa shape index (κ1) is 13.7. The third kappa shape index (κ3) is 2.61. The number of ether oxygens (including phenoxy) is 1. The summed E-state index contributed by atoms with van der Waals surface area (Å²) < 4.78 is 5.74. The van der Waals surface area contributed by atoms with Gasteiger partial charge in [-0.25, -0.2) is 9.59 Å². The van der Waals surface area contributed by atoms with Crippen LogP contribution in [0.25, 0.3) is 0 Å². The molecule has 3 heterocycles. The van der Waals surface area contributed by atoms with E-state index in [0.29, 0.717) is 26.1 Å². The molecule has 0 aliphatic carbocycles. The number of rotatable bonds is 1. The standard InChI is InChI=1S/C14H22N2O4/c17-13(18)12-4-2-1-3-7-16(12)14(19)15-8-10-5-6-11(9-15)20-10/h10-12H,1-9H2,(H,17,18). The zero-order valence-corrected chi connectivity index (χ0v) is 11.7. The van der Waals surface area contributed by atoms with Gasteiger partial charge in [0.15, 0.2) is 0 Å². The number of carbonyl (C=O) groups excluding carboxylic acids is 1. The van der Waals surface area contributed by atoms with Crippen molar-refractivity contribution in [2.45, 2.75) is 56.8 Å². The van der Waals surface area contributed by atoms with Crippen LogP contribution < -0.4 is 0 Å². The highest BCUT2D eigenvalue weighted by atomic mass is 16.5. The van der Waals surface area contributed by atoms with Crippen molar-refractivity contribution in [3.05, 3.63) is 0 Å². The Morgan fingerprint density at radius 3 is 2.35 bits per heavy atom. The molecule has 2 amide bonds. The van der Waals surface area contributed by atoms with Gasteiger partial charge in [0, 0.05) is 19.6 Å². The lowest BCUT2D eigenvalue weighted by atomic mass is 10.1. The number of carbonyl (C=O) groups is 2. The number of likely N-dealkylation sites (tertiary alicyclic amines) is 2. The summed E-state index contributed by atoms with van der Waals surface area (Å²) in [5.41, 5.74) is 0. The largest absolute Gasteiger partial charge is 0.480 e. The van der Waals surface area contributed by atoms with Crippen LogP contribution in [-0.2, 0) is 9.53 Å². The summed E-state index contributed by atoms with van der Waals surface area (Å²) in [5, 5.41) is 9.36. The van der Waals surface area contributed by atoms with Crippen LogP contribution in [0.4, 0.5) is 4.79 Å². The van der Waals surface area contributed by atoms with Crippen molar-refractivity contribution in [1.29, 1.82) is 0 Å². The molecule has 1 N–H and O–H groups in total. The third-order valence-corrected chi connectivity index (χ3v) is 4.60. The summed E-state index contributed by atoms with van der Waals surface area (Å²) in [6.07, 6.45) is 5.66. The second-order valence-electron chi connectivity index (χ2n) is 6.04. The summed E-state index contributed by atoms with van der Waals surface area (Å²) in [7, 11) is 0. The average molecular weight is 282 g/mol. The first-order chi connectivity index (χ1) is 9.65. The van der Waals surface area contributed by atoms with Crippen molar-refractivity contribution in [3.63, 3.8) is 0 Å². The molecule has 20 heavy (non-hydrogen) atoms. The lowest BCUT2D eigenvalue weighted by Crippen LogP contribution is -2.55. The van der Waals surface area contributed by atoms with Gasteiger partial charge in [-0.15, -0.1) is 0 Å². The smallest absolute Gasteiger partial charge is 0.326 e. The van der Waals surface area contributed by atoms with Crippen LogP contribution in [0.1, 0.15) is 38.5 Å². The molecule has 3 fully saturated rings. The Morgan fingerprint density at radius 1 is 1.00 bits per heavy atom. The minimum Gasteiger partial charge on any atom is -0.480 e. The van der Waals surface area contributed by atoms with Gasteiger partial charge in [0.2, 0.25) is 0 Å². The van der Waals surface area contributed by atoms with Crippen LogP contribution >= 0.6 is 0 Å². The van der Waals surface area contributed by atoms with E-state index in [2.05, 4.69) is 0 Å². The molecular weight excluding hydrogens is 260 g/mol. The molecule has 3 rings (SSSR count). The molecule has 0 aromatic carbocycles.